The Bertz CT molecular complexity index is 97.2. The van der Waals surface area contributed by atoms with Gasteiger partial charge in [0.2, 0.25) is 0 Å². The van der Waals surface area contributed by atoms with E-state index in [0.717, 1.165) is 0 Å². The zero-order valence-electron chi connectivity index (χ0n) is 5.60. The van der Waals surface area contributed by atoms with E-state index >= 15 is 0 Å². The second kappa shape index (κ2) is 2.23. The molecule has 1 aliphatic rings. The topological polar surface area (TPSA) is 23.5 Å². The molecule has 0 radical (unpaired) electrons. The molecule has 1 saturated heterocycles. The maximum atomic E-state index is 11.6. The van der Waals surface area contributed by atoms with Crippen molar-refractivity contribution in [3.63, 3.8) is 0 Å². The average molecular weight is 133 g/mol. The van der Waals surface area contributed by atoms with Crippen LogP contribution in [0.5, 0.6) is 0 Å². The van der Waals surface area contributed by atoms with Gasteiger partial charge >= 0.3 is 0 Å². The maximum Gasteiger partial charge on any atom is 0.102 e. The molecule has 9 heavy (non-hydrogen) atoms. The number of nitrogens with zero attached hydrogens (tertiary/aromatic N) is 1. The summed E-state index contributed by atoms with van der Waals surface area (Å²) in [5.41, 5.74) is -0.546. The fourth-order valence-electron chi connectivity index (χ4n) is 1.19. The molecule has 54 valence electrons. The minimum Gasteiger partial charge on any atom is -0.388 e. The summed E-state index contributed by atoms with van der Waals surface area (Å²) in [4.78, 5) is 1.89. The molecule has 0 aromatic rings. The molecule has 0 amide bonds. The van der Waals surface area contributed by atoms with Crippen LogP contribution in [0.2, 0.25) is 0 Å². The summed E-state index contributed by atoms with van der Waals surface area (Å²) in [6.45, 7) is 3.17. The summed E-state index contributed by atoms with van der Waals surface area (Å²) in [7, 11) is 0. The number of alkyl halides is 1. The van der Waals surface area contributed by atoms with Gasteiger partial charge in [0.15, 0.2) is 0 Å². The fourth-order valence-corrected chi connectivity index (χ4v) is 1.19. The van der Waals surface area contributed by atoms with E-state index in [2.05, 4.69) is 0 Å². The molecule has 1 heterocycles. The van der Waals surface area contributed by atoms with Crippen LogP contribution in [0.3, 0.4) is 0 Å². The van der Waals surface area contributed by atoms with Crippen LogP contribution in [0.25, 0.3) is 0 Å². The lowest BCUT2D eigenvalue weighted by atomic mass is 9.97. The van der Waals surface area contributed by atoms with Gasteiger partial charge in [0.05, 0.1) is 5.60 Å². The van der Waals surface area contributed by atoms with Crippen LogP contribution >= 0.6 is 0 Å². The molecule has 0 saturated carbocycles. The van der Waals surface area contributed by atoms with Crippen LogP contribution in [-0.2, 0) is 0 Å². The van der Waals surface area contributed by atoms with Gasteiger partial charge in [-0.25, -0.2) is 4.39 Å². The Morgan fingerprint density at radius 2 is 2.22 bits per heavy atom. The van der Waals surface area contributed by atoms with Crippen molar-refractivity contribution in [2.75, 3.05) is 26.3 Å². The third kappa shape index (κ3) is 1.63. The zero-order valence-corrected chi connectivity index (χ0v) is 5.60. The summed E-state index contributed by atoms with van der Waals surface area (Å²) in [5, 5.41) is 9.15. The van der Waals surface area contributed by atoms with Crippen molar-refractivity contribution in [1.82, 2.24) is 4.90 Å². The van der Waals surface area contributed by atoms with Crippen molar-refractivity contribution in [2.24, 2.45) is 0 Å². The van der Waals surface area contributed by atoms with E-state index in [0.29, 0.717) is 19.6 Å². The molecule has 1 aliphatic heterocycles. The third-order valence-electron chi connectivity index (χ3n) is 1.53. The highest BCUT2D eigenvalue weighted by atomic mass is 19.1. The van der Waals surface area contributed by atoms with Gasteiger partial charge in [0.1, 0.15) is 6.67 Å². The Labute approximate surface area is 54.3 Å². The summed E-state index contributed by atoms with van der Waals surface area (Å²) < 4.78 is 11.6. The molecule has 0 aliphatic carbocycles. The lowest BCUT2D eigenvalue weighted by Crippen LogP contribution is -2.60. The first-order valence-electron chi connectivity index (χ1n) is 3.15. The van der Waals surface area contributed by atoms with E-state index in [1.54, 1.807) is 6.92 Å². The first kappa shape index (κ1) is 6.96. The van der Waals surface area contributed by atoms with E-state index in [1.807, 2.05) is 4.90 Å². The first-order chi connectivity index (χ1) is 4.14. The smallest absolute Gasteiger partial charge is 0.102 e. The molecule has 0 aromatic carbocycles. The second-order valence-electron chi connectivity index (χ2n) is 2.90. The van der Waals surface area contributed by atoms with Crippen molar-refractivity contribution in [3.8, 4) is 0 Å². The van der Waals surface area contributed by atoms with E-state index in [4.69, 9.17) is 5.11 Å². The Hall–Kier alpha value is -0.150. The number of rotatable bonds is 2. The molecule has 0 spiro atoms. The second-order valence-corrected chi connectivity index (χ2v) is 2.90. The van der Waals surface area contributed by atoms with Crippen molar-refractivity contribution in [3.05, 3.63) is 0 Å². The monoisotopic (exact) mass is 133 g/mol. The van der Waals surface area contributed by atoms with Gasteiger partial charge in [-0.05, 0) is 6.92 Å². The molecule has 3 heteroatoms. The predicted molar refractivity (Wildman–Crippen MR) is 33.0 cm³/mol. The summed E-state index contributed by atoms with van der Waals surface area (Å²) in [6, 6.07) is 0. The van der Waals surface area contributed by atoms with E-state index in [1.165, 1.54) is 0 Å². The molecule has 0 atom stereocenters. The van der Waals surface area contributed by atoms with Gasteiger partial charge in [-0.15, -0.1) is 0 Å². The van der Waals surface area contributed by atoms with Crippen LogP contribution in [0.15, 0.2) is 0 Å². The summed E-state index contributed by atoms with van der Waals surface area (Å²) in [6.07, 6.45) is 0. The van der Waals surface area contributed by atoms with Gasteiger partial charge in [-0.2, -0.15) is 0 Å². The average Bonchev–Trinajstić information content (AvgIpc) is 1.62. The maximum absolute atomic E-state index is 11.6. The first-order valence-corrected chi connectivity index (χ1v) is 3.15. The van der Waals surface area contributed by atoms with Crippen LogP contribution in [0.1, 0.15) is 6.92 Å². The van der Waals surface area contributed by atoms with Crippen molar-refractivity contribution < 1.29 is 9.50 Å². The summed E-state index contributed by atoms with van der Waals surface area (Å²) in [5.74, 6) is 0. The van der Waals surface area contributed by atoms with Gasteiger partial charge in [0, 0.05) is 19.6 Å². The number of hydrogen-bond acceptors (Lipinski definition) is 2. The number of β-amino-alcohol motifs (C(OH)–C–C–N with tert-alkyl or cyclic N) is 1. The predicted octanol–water partition coefficient (Wildman–Crippen LogP) is 0.0225. The highest BCUT2D eigenvalue weighted by molar-refractivity contribution is 4.90. The van der Waals surface area contributed by atoms with E-state index < -0.39 is 5.60 Å². The van der Waals surface area contributed by atoms with Gasteiger partial charge in [0.25, 0.3) is 0 Å². The Kier molecular flexibility index (Phi) is 1.73. The standard InChI is InChI=1S/C6H12FNO/c1-6(9)4-8(5-6)3-2-7/h9H,2-5H2,1H3. The molecule has 2 nitrogen and oxygen atoms in total. The summed E-state index contributed by atoms with van der Waals surface area (Å²) >= 11 is 0. The zero-order chi connectivity index (χ0) is 6.91. The number of aliphatic hydroxyl groups is 1. The number of hydrogen-bond donors (Lipinski definition) is 1. The molecular formula is C6H12FNO. The van der Waals surface area contributed by atoms with Crippen molar-refractivity contribution in [1.29, 1.82) is 0 Å². The molecule has 0 unspecified atom stereocenters. The molecule has 1 rings (SSSR count). The minimum absolute atomic E-state index is 0.309. The Morgan fingerprint density at radius 1 is 1.67 bits per heavy atom. The molecule has 0 aromatic heterocycles. The number of halogens is 1. The van der Waals surface area contributed by atoms with Crippen molar-refractivity contribution >= 4 is 0 Å². The lowest BCUT2D eigenvalue weighted by molar-refractivity contribution is -0.0842. The molecular weight excluding hydrogens is 121 g/mol. The Morgan fingerprint density at radius 3 is 2.56 bits per heavy atom. The highest BCUT2D eigenvalue weighted by Crippen LogP contribution is 2.18. The van der Waals surface area contributed by atoms with Crippen molar-refractivity contribution in [2.45, 2.75) is 12.5 Å². The van der Waals surface area contributed by atoms with Crippen LogP contribution in [0.4, 0.5) is 4.39 Å². The van der Waals surface area contributed by atoms with Crippen LogP contribution in [0, 0.1) is 0 Å². The molecule has 1 N–H and O–H groups in total. The van der Waals surface area contributed by atoms with Gasteiger partial charge in [-0.3, -0.25) is 4.90 Å². The SMILES string of the molecule is CC1(O)CN(CCF)C1. The van der Waals surface area contributed by atoms with Crippen LogP contribution in [-0.4, -0.2) is 41.9 Å². The fraction of sp³-hybridized carbons (Fsp3) is 1.00. The highest BCUT2D eigenvalue weighted by Gasteiger charge is 2.35. The minimum atomic E-state index is -0.546. The normalized spacial score (nSPS) is 25.7. The van der Waals surface area contributed by atoms with Gasteiger partial charge in [-0.1, -0.05) is 0 Å². The largest absolute Gasteiger partial charge is 0.388 e. The molecule has 0 bridgehead atoms. The lowest BCUT2D eigenvalue weighted by Gasteiger charge is -2.43. The van der Waals surface area contributed by atoms with Crippen LogP contribution < -0.4 is 0 Å². The van der Waals surface area contributed by atoms with Gasteiger partial charge < -0.3 is 5.11 Å². The Balaban J connectivity index is 2.12. The molecule has 1 fully saturated rings. The third-order valence-corrected chi connectivity index (χ3v) is 1.53. The van der Waals surface area contributed by atoms with E-state index in [9.17, 15) is 4.39 Å². The number of likely N-dealkylation sites (tertiary alicyclic amines) is 1. The quantitative estimate of drug-likeness (QED) is 0.574. The van der Waals surface area contributed by atoms with E-state index in [-0.39, 0.29) is 6.67 Å².